The summed E-state index contributed by atoms with van der Waals surface area (Å²) in [5.74, 6) is -1.27. The molecular weight excluding hydrogens is 270 g/mol. The topological polar surface area (TPSA) is 64.6 Å². The second-order valence-electron chi connectivity index (χ2n) is 5.43. The molecule has 1 aliphatic heterocycles. The van der Waals surface area contributed by atoms with Crippen LogP contribution in [0.15, 0.2) is 35.7 Å². The zero-order chi connectivity index (χ0) is 15.6. The van der Waals surface area contributed by atoms with E-state index in [0.717, 1.165) is 5.70 Å². The van der Waals surface area contributed by atoms with Crippen LogP contribution in [0.1, 0.15) is 35.5 Å². The molecule has 1 saturated carbocycles. The van der Waals surface area contributed by atoms with E-state index < -0.39 is 17.7 Å². The molecule has 0 aromatic rings. The van der Waals surface area contributed by atoms with Crippen molar-refractivity contribution in [2.75, 3.05) is 0 Å². The summed E-state index contributed by atoms with van der Waals surface area (Å²) < 4.78 is 10.00. The van der Waals surface area contributed by atoms with Crippen LogP contribution in [0, 0.1) is 11.8 Å². The minimum atomic E-state index is -1.20. The Morgan fingerprint density at radius 2 is 1.86 bits per heavy atom. The quantitative estimate of drug-likeness (QED) is 0.482. The first-order valence-corrected chi connectivity index (χ1v) is 7.28. The Balaban J connectivity index is 0.000000775. The Kier molecular flexibility index (Phi) is 4.21. The third-order valence-electron chi connectivity index (χ3n) is 3.31. The first-order valence-electron chi connectivity index (χ1n) is 7.28. The van der Waals surface area contributed by atoms with Gasteiger partial charge in [-0.15, -0.1) is 0 Å². The van der Waals surface area contributed by atoms with Crippen molar-refractivity contribution in [2.45, 2.75) is 39.9 Å². The van der Waals surface area contributed by atoms with E-state index in [9.17, 15) is 9.59 Å². The Hall–Kier alpha value is -2.04. The Labute approximate surface area is 126 Å². The van der Waals surface area contributed by atoms with Crippen LogP contribution in [-0.4, -0.2) is 17.7 Å². The van der Waals surface area contributed by atoms with Gasteiger partial charge >= 0.3 is 11.9 Å². The summed E-state index contributed by atoms with van der Waals surface area (Å²) in [5.41, 5.74) is 0.767. The molecule has 5 nitrogen and oxygen atoms in total. The lowest BCUT2D eigenvalue weighted by atomic mass is 10.1. The molecule has 0 bridgehead atoms. The summed E-state index contributed by atoms with van der Waals surface area (Å²) in [4.78, 5) is 23.4. The van der Waals surface area contributed by atoms with E-state index in [2.05, 4.69) is 17.5 Å². The number of rotatable bonds is 2. The summed E-state index contributed by atoms with van der Waals surface area (Å²) in [6.07, 6.45) is 8.71. The van der Waals surface area contributed by atoms with Gasteiger partial charge in [0.05, 0.1) is 0 Å². The first kappa shape index (κ1) is 15.4. The number of carbonyl (C=O) groups is 2. The number of hydrogen-bond donors (Lipinski definition) is 1. The van der Waals surface area contributed by atoms with Gasteiger partial charge in [0.15, 0.2) is 5.57 Å². The smallest absolute Gasteiger partial charge is 0.350 e. The molecule has 1 heterocycles. The van der Waals surface area contributed by atoms with E-state index >= 15 is 0 Å². The summed E-state index contributed by atoms with van der Waals surface area (Å²) >= 11 is 0. The third kappa shape index (κ3) is 3.54. The van der Waals surface area contributed by atoms with Crippen LogP contribution in [0.25, 0.3) is 0 Å². The fourth-order valence-corrected chi connectivity index (χ4v) is 2.19. The van der Waals surface area contributed by atoms with Crippen molar-refractivity contribution in [1.29, 1.82) is 0 Å². The molecule has 2 unspecified atom stereocenters. The predicted octanol–water partition coefficient (Wildman–Crippen LogP) is 2.66. The molecule has 2 aliphatic carbocycles. The van der Waals surface area contributed by atoms with Gasteiger partial charge < -0.3 is 14.8 Å². The van der Waals surface area contributed by atoms with Crippen LogP contribution >= 0.6 is 0 Å². The van der Waals surface area contributed by atoms with Gasteiger partial charge in [0.25, 0.3) is 5.79 Å². The van der Waals surface area contributed by atoms with Gasteiger partial charge in [-0.3, -0.25) is 0 Å². The second-order valence-corrected chi connectivity index (χ2v) is 5.43. The number of fused-ring (bicyclic) bond motifs is 1. The maximum atomic E-state index is 11.7. The number of carbonyl (C=O) groups excluding carboxylic acids is 2. The van der Waals surface area contributed by atoms with Gasteiger partial charge in [-0.25, -0.2) is 9.59 Å². The van der Waals surface area contributed by atoms with Crippen molar-refractivity contribution in [3.8, 4) is 0 Å². The van der Waals surface area contributed by atoms with Gasteiger partial charge in [0.2, 0.25) is 0 Å². The number of allylic oxidation sites excluding steroid dienone is 3. The lowest BCUT2D eigenvalue weighted by Gasteiger charge is -2.29. The molecule has 3 aliphatic rings. The maximum absolute atomic E-state index is 11.7. The first-order chi connectivity index (χ1) is 9.94. The van der Waals surface area contributed by atoms with Crippen molar-refractivity contribution in [2.24, 2.45) is 11.8 Å². The van der Waals surface area contributed by atoms with Crippen molar-refractivity contribution in [3.05, 3.63) is 35.7 Å². The molecule has 116 valence electrons. The Morgan fingerprint density at radius 3 is 2.43 bits per heavy atom. The fraction of sp³-hybridized carbons (Fsp3) is 0.500. The minimum Gasteiger partial charge on any atom is -0.419 e. The molecule has 3 rings (SSSR count). The van der Waals surface area contributed by atoms with Gasteiger partial charge in [0, 0.05) is 27.2 Å². The molecular formula is C16H23NO4. The lowest BCUT2D eigenvalue weighted by Crippen LogP contribution is -2.42. The number of hydrogen-bond acceptors (Lipinski definition) is 5. The average Bonchev–Trinajstić information content (AvgIpc) is 3.17. The molecule has 2 atom stereocenters. The standard InChI is InChI=1S/C14H15NO4.C2H6.H2/c1-14(2)18-12(16)11(13(17)19-14)7-15-10-4-3-8-5-9(8)6-10;1-2;/h3-4,6-9,15H,5H2,1-2H3;1-2H3;1H. The van der Waals surface area contributed by atoms with Crippen LogP contribution in [-0.2, 0) is 19.1 Å². The zero-order valence-electron chi connectivity index (χ0n) is 12.8. The number of ether oxygens (including phenoxy) is 2. The molecule has 0 spiro atoms. The van der Waals surface area contributed by atoms with Crippen LogP contribution < -0.4 is 5.32 Å². The summed E-state index contributed by atoms with van der Waals surface area (Å²) in [5, 5.41) is 2.95. The number of esters is 2. The van der Waals surface area contributed by atoms with E-state index in [-0.39, 0.29) is 7.00 Å². The predicted molar refractivity (Wildman–Crippen MR) is 79.8 cm³/mol. The van der Waals surface area contributed by atoms with Gasteiger partial charge in [-0.2, -0.15) is 0 Å². The van der Waals surface area contributed by atoms with Gasteiger partial charge in [-0.1, -0.05) is 26.0 Å². The molecule has 0 aromatic heterocycles. The van der Waals surface area contributed by atoms with Gasteiger partial charge in [0.1, 0.15) is 0 Å². The Morgan fingerprint density at radius 1 is 1.24 bits per heavy atom. The molecule has 5 heteroatoms. The molecule has 0 aromatic carbocycles. The van der Waals surface area contributed by atoms with Crippen molar-refractivity contribution >= 4 is 11.9 Å². The van der Waals surface area contributed by atoms with Crippen LogP contribution in [0.3, 0.4) is 0 Å². The van der Waals surface area contributed by atoms with Crippen LogP contribution in [0.4, 0.5) is 0 Å². The minimum absolute atomic E-state index is 0. The van der Waals surface area contributed by atoms with Crippen molar-refractivity contribution in [3.63, 3.8) is 0 Å². The number of nitrogens with one attached hydrogen (secondary N) is 1. The summed E-state index contributed by atoms with van der Waals surface area (Å²) in [7, 11) is 0. The summed E-state index contributed by atoms with van der Waals surface area (Å²) in [6.45, 7) is 7.04. The molecule has 1 N–H and O–H groups in total. The average molecular weight is 293 g/mol. The van der Waals surface area contributed by atoms with Crippen molar-refractivity contribution in [1.82, 2.24) is 5.32 Å². The highest BCUT2D eigenvalue weighted by molar-refractivity contribution is 6.15. The third-order valence-corrected chi connectivity index (χ3v) is 3.31. The van der Waals surface area contributed by atoms with E-state index in [1.165, 1.54) is 26.5 Å². The molecule has 0 amide bonds. The number of cyclic esters (lactones) is 2. The molecule has 2 fully saturated rings. The lowest BCUT2D eigenvalue weighted by molar-refractivity contribution is -0.222. The van der Waals surface area contributed by atoms with Gasteiger partial charge in [-0.05, 0) is 24.3 Å². The highest BCUT2D eigenvalue weighted by Gasteiger charge is 2.39. The van der Waals surface area contributed by atoms with E-state index in [1.807, 2.05) is 19.9 Å². The Bertz CT molecular complexity index is 526. The highest BCUT2D eigenvalue weighted by atomic mass is 16.7. The zero-order valence-corrected chi connectivity index (χ0v) is 12.8. The van der Waals surface area contributed by atoms with E-state index in [4.69, 9.17) is 9.47 Å². The van der Waals surface area contributed by atoms with E-state index in [0.29, 0.717) is 11.8 Å². The van der Waals surface area contributed by atoms with E-state index in [1.54, 1.807) is 0 Å². The second kappa shape index (κ2) is 5.76. The van der Waals surface area contributed by atoms with Crippen molar-refractivity contribution < 1.29 is 20.5 Å². The molecule has 0 radical (unpaired) electrons. The maximum Gasteiger partial charge on any atom is 0.350 e. The molecule has 21 heavy (non-hydrogen) atoms. The highest BCUT2D eigenvalue weighted by Crippen LogP contribution is 2.43. The van der Waals surface area contributed by atoms with Crippen LogP contribution in [0.2, 0.25) is 0 Å². The largest absolute Gasteiger partial charge is 0.419 e. The van der Waals surface area contributed by atoms with Crippen LogP contribution in [0.5, 0.6) is 0 Å². The summed E-state index contributed by atoms with van der Waals surface area (Å²) in [6, 6.07) is 0. The monoisotopic (exact) mass is 293 g/mol. The SMILES string of the molecule is CC.CC1(C)OC(=O)C(=CNC2=CC3CC3C=C2)C(=O)O1.[HH]. The normalized spacial score (nSPS) is 28.2. The fourth-order valence-electron chi connectivity index (χ4n) is 2.19. The molecule has 1 saturated heterocycles.